The number of hydrogen-bond donors (Lipinski definition) is 2. The van der Waals surface area contributed by atoms with Crippen molar-refractivity contribution < 1.29 is 15.0 Å². The predicted molar refractivity (Wildman–Crippen MR) is 151 cm³/mol. The van der Waals surface area contributed by atoms with Gasteiger partial charge >= 0.3 is 5.97 Å². The molecule has 0 saturated heterocycles. The number of carbonyl (C=O) groups is 1. The Morgan fingerprint density at radius 2 is 1.09 bits per heavy atom. The van der Waals surface area contributed by atoms with Gasteiger partial charge in [-0.2, -0.15) is 0 Å². The van der Waals surface area contributed by atoms with E-state index < -0.39 is 5.97 Å². The molecule has 202 valence electrons. The fourth-order valence-corrected chi connectivity index (χ4v) is 4.96. The molecule has 1 aromatic carbocycles. The predicted octanol–water partition coefficient (Wildman–Crippen LogP) is 9.71. The molecule has 0 aliphatic rings. The van der Waals surface area contributed by atoms with E-state index in [1.807, 2.05) is 12.1 Å². The molecule has 1 atom stereocenters. The molecule has 0 bridgehead atoms. The maximum absolute atomic E-state index is 12.0. The number of benzene rings is 1. The van der Waals surface area contributed by atoms with Gasteiger partial charge in [0.15, 0.2) is 0 Å². The van der Waals surface area contributed by atoms with Crippen molar-refractivity contribution in [3.8, 4) is 5.75 Å². The molecule has 3 nitrogen and oxygen atoms in total. The van der Waals surface area contributed by atoms with E-state index in [0.717, 1.165) is 36.0 Å². The number of phenols is 1. The Balaban J connectivity index is 2.50. The Morgan fingerprint density at radius 3 is 1.43 bits per heavy atom. The molecule has 3 heteroatoms. The molecule has 0 aliphatic carbocycles. The van der Waals surface area contributed by atoms with Crippen molar-refractivity contribution in [1.29, 1.82) is 0 Å². The lowest BCUT2D eigenvalue weighted by molar-refractivity contribution is -0.142. The molecule has 1 aromatic rings. The quantitative estimate of drug-likeness (QED) is 0.214. The van der Waals surface area contributed by atoms with Crippen LogP contribution in [-0.4, -0.2) is 16.2 Å². The van der Waals surface area contributed by atoms with E-state index in [4.69, 9.17) is 0 Å². The summed E-state index contributed by atoms with van der Waals surface area (Å²) in [6, 6.07) is 4.06. The molecule has 0 fully saturated rings. The number of carboxylic acid groups (broad SMARTS) is 1. The standard InChI is InChI=1S/C32H56O3/c1-8-9-10-11-12-13-14-15-16-17-18-19-20-21-26(30(34)35)22-25-23-27(31(2,3)4)29(33)28(24-25)32(5,6)7/h23-24,26,33H,8-22H2,1-7H3,(H,34,35). The van der Waals surface area contributed by atoms with Gasteiger partial charge in [0.2, 0.25) is 0 Å². The first-order valence-corrected chi connectivity index (χ1v) is 14.5. The Morgan fingerprint density at radius 1 is 0.714 bits per heavy atom. The van der Waals surface area contributed by atoms with Gasteiger partial charge in [0.05, 0.1) is 5.92 Å². The zero-order valence-corrected chi connectivity index (χ0v) is 24.1. The van der Waals surface area contributed by atoms with E-state index in [-0.39, 0.29) is 16.7 Å². The van der Waals surface area contributed by atoms with Crippen LogP contribution in [0, 0.1) is 5.92 Å². The molecular formula is C32H56O3. The lowest BCUT2D eigenvalue weighted by Crippen LogP contribution is -2.20. The lowest BCUT2D eigenvalue weighted by Gasteiger charge is -2.28. The number of aromatic hydroxyl groups is 1. The Bertz CT molecular complexity index is 701. The first-order chi connectivity index (χ1) is 16.4. The van der Waals surface area contributed by atoms with Crippen molar-refractivity contribution in [1.82, 2.24) is 0 Å². The minimum Gasteiger partial charge on any atom is -0.507 e. The molecule has 35 heavy (non-hydrogen) atoms. The number of unbranched alkanes of at least 4 members (excludes halogenated alkanes) is 12. The van der Waals surface area contributed by atoms with E-state index in [1.165, 1.54) is 70.6 Å². The van der Waals surface area contributed by atoms with Crippen molar-refractivity contribution in [3.63, 3.8) is 0 Å². The average molecular weight is 489 g/mol. The molecule has 0 radical (unpaired) electrons. The Kier molecular flexibility index (Phi) is 14.0. The summed E-state index contributed by atoms with van der Waals surface area (Å²) in [7, 11) is 0. The summed E-state index contributed by atoms with van der Waals surface area (Å²) >= 11 is 0. The molecule has 1 rings (SSSR count). The maximum Gasteiger partial charge on any atom is 0.306 e. The summed E-state index contributed by atoms with van der Waals surface area (Å²) < 4.78 is 0. The van der Waals surface area contributed by atoms with Gasteiger partial charge in [-0.25, -0.2) is 0 Å². The zero-order valence-electron chi connectivity index (χ0n) is 24.1. The van der Waals surface area contributed by atoms with Crippen molar-refractivity contribution in [2.75, 3.05) is 0 Å². The minimum absolute atomic E-state index is 0.201. The van der Waals surface area contributed by atoms with E-state index in [0.29, 0.717) is 12.2 Å². The first kappa shape index (κ1) is 31.5. The molecule has 0 spiro atoms. The van der Waals surface area contributed by atoms with Gasteiger partial charge in [-0.1, -0.05) is 144 Å². The molecule has 0 heterocycles. The number of carboxylic acids is 1. The Labute approximate surface area is 217 Å². The highest BCUT2D eigenvalue weighted by molar-refractivity contribution is 5.70. The highest BCUT2D eigenvalue weighted by Gasteiger charge is 2.28. The summed E-state index contributed by atoms with van der Waals surface area (Å²) in [5.74, 6) is -0.711. The van der Waals surface area contributed by atoms with E-state index in [2.05, 4.69) is 48.5 Å². The lowest BCUT2D eigenvalue weighted by atomic mass is 9.77. The van der Waals surface area contributed by atoms with Crippen LogP contribution in [0.4, 0.5) is 0 Å². The van der Waals surface area contributed by atoms with Gasteiger partial charge in [0.25, 0.3) is 0 Å². The fraction of sp³-hybridized carbons (Fsp3) is 0.781. The van der Waals surface area contributed by atoms with E-state index >= 15 is 0 Å². The molecule has 0 aromatic heterocycles. The number of rotatable bonds is 17. The topological polar surface area (TPSA) is 57.5 Å². The Hall–Kier alpha value is -1.51. The van der Waals surface area contributed by atoms with Crippen LogP contribution >= 0.6 is 0 Å². The molecular weight excluding hydrogens is 432 g/mol. The van der Waals surface area contributed by atoms with Crippen LogP contribution in [0.3, 0.4) is 0 Å². The van der Waals surface area contributed by atoms with Gasteiger partial charge in [0.1, 0.15) is 5.75 Å². The third kappa shape index (κ3) is 12.3. The van der Waals surface area contributed by atoms with Crippen LogP contribution in [0.15, 0.2) is 12.1 Å². The van der Waals surface area contributed by atoms with Crippen molar-refractivity contribution in [3.05, 3.63) is 28.8 Å². The molecule has 2 N–H and O–H groups in total. The largest absolute Gasteiger partial charge is 0.507 e. The number of phenolic OH excluding ortho intramolecular Hbond substituents is 1. The molecule has 0 amide bonds. The normalized spacial score (nSPS) is 13.2. The van der Waals surface area contributed by atoms with Gasteiger partial charge in [-0.05, 0) is 40.4 Å². The second-order valence-corrected chi connectivity index (χ2v) is 12.8. The highest BCUT2D eigenvalue weighted by Crippen LogP contribution is 2.40. The SMILES string of the molecule is CCCCCCCCCCCCCCCC(Cc1cc(C(C)(C)C)c(O)c(C(C)(C)C)c1)C(=O)O. The summed E-state index contributed by atoms with van der Waals surface area (Å²) in [6.45, 7) is 14.9. The fourth-order valence-electron chi connectivity index (χ4n) is 4.96. The van der Waals surface area contributed by atoms with Gasteiger partial charge < -0.3 is 10.2 Å². The van der Waals surface area contributed by atoms with Crippen molar-refractivity contribution in [2.24, 2.45) is 5.92 Å². The third-order valence-electron chi connectivity index (χ3n) is 7.27. The van der Waals surface area contributed by atoms with E-state index in [1.54, 1.807) is 0 Å². The van der Waals surface area contributed by atoms with Crippen LogP contribution in [0.25, 0.3) is 0 Å². The van der Waals surface area contributed by atoms with Gasteiger partial charge in [-0.15, -0.1) is 0 Å². The second kappa shape index (κ2) is 15.6. The van der Waals surface area contributed by atoms with E-state index in [9.17, 15) is 15.0 Å². The molecule has 0 aliphatic heterocycles. The zero-order chi connectivity index (χ0) is 26.5. The summed E-state index contributed by atoms with van der Waals surface area (Å²) in [4.78, 5) is 12.0. The summed E-state index contributed by atoms with van der Waals surface area (Å²) in [6.07, 6.45) is 18.1. The molecule has 1 unspecified atom stereocenters. The smallest absolute Gasteiger partial charge is 0.306 e. The summed E-state index contributed by atoms with van der Waals surface area (Å²) in [5, 5.41) is 20.8. The van der Waals surface area contributed by atoms with Crippen LogP contribution in [0.5, 0.6) is 5.75 Å². The minimum atomic E-state index is -0.702. The van der Waals surface area contributed by atoms with Crippen LogP contribution in [0.2, 0.25) is 0 Å². The van der Waals surface area contributed by atoms with Gasteiger partial charge in [-0.3, -0.25) is 4.79 Å². The third-order valence-corrected chi connectivity index (χ3v) is 7.27. The van der Waals surface area contributed by atoms with Gasteiger partial charge in [0, 0.05) is 0 Å². The second-order valence-electron chi connectivity index (χ2n) is 12.8. The first-order valence-electron chi connectivity index (χ1n) is 14.5. The number of aliphatic carboxylic acids is 1. The summed E-state index contributed by atoms with van der Waals surface area (Å²) in [5.41, 5.74) is 2.44. The van der Waals surface area contributed by atoms with Crippen molar-refractivity contribution in [2.45, 2.75) is 156 Å². The van der Waals surface area contributed by atoms with Crippen LogP contribution < -0.4 is 0 Å². The van der Waals surface area contributed by atoms with Crippen molar-refractivity contribution >= 4 is 5.97 Å². The average Bonchev–Trinajstić information content (AvgIpc) is 2.75. The monoisotopic (exact) mass is 488 g/mol. The van der Waals surface area contributed by atoms with Crippen LogP contribution in [0.1, 0.15) is 155 Å². The number of hydrogen-bond acceptors (Lipinski definition) is 2. The molecule has 0 saturated carbocycles. The van der Waals surface area contributed by atoms with Crippen LogP contribution in [-0.2, 0) is 22.0 Å². The highest BCUT2D eigenvalue weighted by atomic mass is 16.4. The maximum atomic E-state index is 12.0.